The first kappa shape index (κ1) is 13.8. The molecule has 0 amide bonds. The largest absolute Gasteiger partial charge is 0.313 e. The van der Waals surface area contributed by atoms with Crippen LogP contribution in [0.2, 0.25) is 5.02 Å². The molecular formula is C12H17ClN2O2S. The van der Waals surface area contributed by atoms with Crippen LogP contribution in [-0.4, -0.2) is 26.8 Å². The molecule has 0 atom stereocenters. The van der Waals surface area contributed by atoms with Gasteiger partial charge in [-0.05, 0) is 30.5 Å². The second-order valence-electron chi connectivity index (χ2n) is 4.49. The van der Waals surface area contributed by atoms with Crippen LogP contribution >= 0.6 is 11.6 Å². The fourth-order valence-corrected chi connectivity index (χ4v) is 2.60. The highest BCUT2D eigenvalue weighted by Crippen LogP contribution is 2.18. The monoisotopic (exact) mass is 288 g/mol. The summed E-state index contributed by atoms with van der Waals surface area (Å²) in [5.41, 5.74) is 0.901. The lowest BCUT2D eigenvalue weighted by Gasteiger charge is -2.07. The first-order chi connectivity index (χ1) is 8.55. The van der Waals surface area contributed by atoms with E-state index in [4.69, 9.17) is 11.6 Å². The third-order valence-electron chi connectivity index (χ3n) is 2.79. The van der Waals surface area contributed by atoms with Gasteiger partial charge in [0.15, 0.2) is 0 Å². The summed E-state index contributed by atoms with van der Waals surface area (Å²) in [4.78, 5) is 0. The molecule has 1 aliphatic rings. The summed E-state index contributed by atoms with van der Waals surface area (Å²) in [5, 5.41) is 3.83. The summed E-state index contributed by atoms with van der Waals surface area (Å²) in [6.45, 7) is 0.823. The molecule has 1 aromatic rings. The Morgan fingerprint density at radius 3 is 2.50 bits per heavy atom. The number of hydrogen-bond acceptors (Lipinski definition) is 3. The lowest BCUT2D eigenvalue weighted by molar-refractivity contribution is 0.576. The van der Waals surface area contributed by atoms with Crippen molar-refractivity contribution in [2.45, 2.75) is 25.4 Å². The minimum absolute atomic E-state index is 0.122. The molecule has 0 aromatic heterocycles. The van der Waals surface area contributed by atoms with E-state index in [0.717, 1.165) is 18.4 Å². The van der Waals surface area contributed by atoms with Gasteiger partial charge in [-0.25, -0.2) is 13.1 Å². The van der Waals surface area contributed by atoms with Crippen LogP contribution in [-0.2, 0) is 16.6 Å². The van der Waals surface area contributed by atoms with Gasteiger partial charge < -0.3 is 5.32 Å². The van der Waals surface area contributed by atoms with E-state index in [1.807, 2.05) is 12.1 Å². The second-order valence-corrected chi connectivity index (χ2v) is 6.86. The molecule has 0 aliphatic heterocycles. The third-order valence-corrected chi connectivity index (χ3v) is 4.37. The fourth-order valence-electron chi connectivity index (χ4n) is 1.55. The van der Waals surface area contributed by atoms with Gasteiger partial charge in [-0.2, -0.15) is 0 Å². The SMILES string of the molecule is O=S(=O)(CCNC1CC1)NCc1ccc(Cl)cc1. The van der Waals surface area contributed by atoms with Crippen molar-refractivity contribution < 1.29 is 8.42 Å². The van der Waals surface area contributed by atoms with Gasteiger partial charge in [-0.1, -0.05) is 23.7 Å². The Labute approximate surface area is 113 Å². The van der Waals surface area contributed by atoms with E-state index in [-0.39, 0.29) is 5.75 Å². The number of rotatable bonds is 7. The molecule has 4 nitrogen and oxygen atoms in total. The van der Waals surface area contributed by atoms with E-state index in [0.29, 0.717) is 24.2 Å². The summed E-state index contributed by atoms with van der Waals surface area (Å²) in [6, 6.07) is 7.66. The van der Waals surface area contributed by atoms with Crippen molar-refractivity contribution in [3.63, 3.8) is 0 Å². The smallest absolute Gasteiger partial charge is 0.213 e. The molecule has 0 unspecified atom stereocenters. The summed E-state index contributed by atoms with van der Waals surface area (Å²) >= 11 is 5.76. The zero-order valence-corrected chi connectivity index (χ0v) is 11.6. The van der Waals surface area contributed by atoms with Gasteiger partial charge in [0.25, 0.3) is 0 Å². The van der Waals surface area contributed by atoms with E-state index in [1.165, 1.54) is 0 Å². The number of nitrogens with one attached hydrogen (secondary N) is 2. The standard InChI is InChI=1S/C12H17ClN2O2S/c13-11-3-1-10(2-4-11)9-15-18(16,17)8-7-14-12-5-6-12/h1-4,12,14-15H,5-9H2. The predicted octanol–water partition coefficient (Wildman–Crippen LogP) is 1.51. The molecule has 1 saturated carbocycles. The highest BCUT2D eigenvalue weighted by molar-refractivity contribution is 7.89. The van der Waals surface area contributed by atoms with Gasteiger partial charge in [0.2, 0.25) is 10.0 Å². The van der Waals surface area contributed by atoms with Crippen LogP contribution in [0.4, 0.5) is 0 Å². The van der Waals surface area contributed by atoms with E-state index in [9.17, 15) is 8.42 Å². The Hall–Kier alpha value is -0.620. The Morgan fingerprint density at radius 2 is 1.89 bits per heavy atom. The van der Waals surface area contributed by atoms with E-state index in [2.05, 4.69) is 10.0 Å². The van der Waals surface area contributed by atoms with Crippen LogP contribution in [0.1, 0.15) is 18.4 Å². The summed E-state index contributed by atoms with van der Waals surface area (Å²) < 4.78 is 26.0. The molecule has 1 aliphatic carbocycles. The molecule has 6 heteroatoms. The molecule has 0 heterocycles. The molecule has 0 bridgehead atoms. The van der Waals surface area contributed by atoms with E-state index < -0.39 is 10.0 Å². The van der Waals surface area contributed by atoms with Crippen LogP contribution in [0.25, 0.3) is 0 Å². The number of halogens is 1. The highest BCUT2D eigenvalue weighted by Gasteiger charge is 2.21. The van der Waals surface area contributed by atoms with Gasteiger partial charge in [-0.3, -0.25) is 0 Å². The highest BCUT2D eigenvalue weighted by atomic mass is 35.5. The van der Waals surface area contributed by atoms with Crippen molar-refractivity contribution in [3.05, 3.63) is 34.9 Å². The topological polar surface area (TPSA) is 58.2 Å². The molecule has 2 N–H and O–H groups in total. The van der Waals surface area contributed by atoms with Crippen LogP contribution in [0.15, 0.2) is 24.3 Å². The maximum Gasteiger partial charge on any atom is 0.213 e. The molecule has 2 rings (SSSR count). The number of hydrogen-bond donors (Lipinski definition) is 2. The fraction of sp³-hybridized carbons (Fsp3) is 0.500. The third kappa shape index (κ3) is 4.94. The molecule has 1 aromatic carbocycles. The molecule has 100 valence electrons. The number of benzene rings is 1. The number of sulfonamides is 1. The van der Waals surface area contributed by atoms with E-state index >= 15 is 0 Å². The summed E-state index contributed by atoms with van der Waals surface area (Å²) in [7, 11) is -3.20. The Morgan fingerprint density at radius 1 is 1.22 bits per heavy atom. The van der Waals surface area contributed by atoms with Crippen molar-refractivity contribution >= 4 is 21.6 Å². The van der Waals surface area contributed by atoms with Crippen LogP contribution in [0.5, 0.6) is 0 Å². The lowest BCUT2D eigenvalue weighted by atomic mass is 10.2. The summed E-state index contributed by atoms with van der Waals surface area (Å²) in [5.74, 6) is 0.122. The Kier molecular flexibility index (Phi) is 4.61. The van der Waals surface area contributed by atoms with Crippen molar-refractivity contribution in [2.75, 3.05) is 12.3 Å². The van der Waals surface area contributed by atoms with E-state index in [1.54, 1.807) is 12.1 Å². The first-order valence-corrected chi connectivity index (χ1v) is 8.03. The molecule has 0 spiro atoms. The Balaban J connectivity index is 1.74. The zero-order valence-electron chi connectivity index (χ0n) is 10.0. The maximum atomic E-state index is 11.7. The van der Waals surface area contributed by atoms with Gasteiger partial charge in [-0.15, -0.1) is 0 Å². The van der Waals surface area contributed by atoms with Crippen molar-refractivity contribution in [2.24, 2.45) is 0 Å². The summed E-state index contributed by atoms with van der Waals surface area (Å²) in [6.07, 6.45) is 2.33. The minimum Gasteiger partial charge on any atom is -0.313 e. The van der Waals surface area contributed by atoms with Crippen molar-refractivity contribution in [3.8, 4) is 0 Å². The molecule has 0 radical (unpaired) electrons. The minimum atomic E-state index is -3.20. The zero-order chi connectivity index (χ0) is 13.0. The predicted molar refractivity (Wildman–Crippen MR) is 73.1 cm³/mol. The Bertz CT molecular complexity index is 483. The van der Waals surface area contributed by atoms with Gasteiger partial charge in [0, 0.05) is 24.2 Å². The van der Waals surface area contributed by atoms with Crippen LogP contribution in [0.3, 0.4) is 0 Å². The second kappa shape index (κ2) is 6.02. The molecule has 18 heavy (non-hydrogen) atoms. The van der Waals surface area contributed by atoms with Gasteiger partial charge >= 0.3 is 0 Å². The molecule has 0 saturated heterocycles. The first-order valence-electron chi connectivity index (χ1n) is 6.00. The molecular weight excluding hydrogens is 272 g/mol. The average molecular weight is 289 g/mol. The average Bonchev–Trinajstić information content (AvgIpc) is 3.12. The van der Waals surface area contributed by atoms with Crippen LogP contribution < -0.4 is 10.0 Å². The van der Waals surface area contributed by atoms with Crippen molar-refractivity contribution in [1.82, 2.24) is 10.0 Å². The maximum absolute atomic E-state index is 11.7. The normalized spacial score (nSPS) is 15.8. The quantitative estimate of drug-likeness (QED) is 0.800. The van der Waals surface area contributed by atoms with Crippen LogP contribution in [0, 0.1) is 0 Å². The van der Waals surface area contributed by atoms with Crippen molar-refractivity contribution in [1.29, 1.82) is 0 Å². The lowest BCUT2D eigenvalue weighted by Crippen LogP contribution is -2.32. The molecule has 1 fully saturated rings. The van der Waals surface area contributed by atoms with Gasteiger partial charge in [0.05, 0.1) is 5.75 Å². The van der Waals surface area contributed by atoms with Gasteiger partial charge in [0.1, 0.15) is 0 Å².